The van der Waals surface area contributed by atoms with Crippen LogP contribution >= 0.6 is 0 Å². The molecule has 0 atom stereocenters. The third-order valence-electron chi connectivity index (χ3n) is 2.20. The van der Waals surface area contributed by atoms with Crippen LogP contribution in [0.25, 0.3) is 0 Å². The van der Waals surface area contributed by atoms with E-state index in [9.17, 15) is 4.79 Å². The van der Waals surface area contributed by atoms with E-state index in [1.165, 1.54) is 6.20 Å². The van der Waals surface area contributed by atoms with Crippen molar-refractivity contribution in [3.8, 4) is 0 Å². The SMILES string of the molecule is CC(C)(C)OC(=O)NCCc1ccc(B(O)O)cn1. The molecule has 7 heteroatoms. The highest BCUT2D eigenvalue weighted by Crippen LogP contribution is 2.06. The van der Waals surface area contributed by atoms with Crippen molar-refractivity contribution in [2.45, 2.75) is 32.8 Å². The minimum Gasteiger partial charge on any atom is -0.444 e. The van der Waals surface area contributed by atoms with E-state index in [1.807, 2.05) is 0 Å². The molecule has 1 amide bonds. The van der Waals surface area contributed by atoms with Gasteiger partial charge in [-0.15, -0.1) is 0 Å². The Morgan fingerprint density at radius 3 is 2.58 bits per heavy atom. The number of hydrogen-bond acceptors (Lipinski definition) is 5. The van der Waals surface area contributed by atoms with Crippen LogP contribution in [-0.4, -0.2) is 40.4 Å². The lowest BCUT2D eigenvalue weighted by Crippen LogP contribution is -2.34. The summed E-state index contributed by atoms with van der Waals surface area (Å²) in [5, 5.41) is 20.5. The largest absolute Gasteiger partial charge is 0.490 e. The molecule has 0 spiro atoms. The van der Waals surface area contributed by atoms with E-state index in [2.05, 4.69) is 10.3 Å². The lowest BCUT2D eigenvalue weighted by atomic mass is 9.81. The minimum atomic E-state index is -1.51. The van der Waals surface area contributed by atoms with Gasteiger partial charge in [0.2, 0.25) is 0 Å². The molecule has 19 heavy (non-hydrogen) atoms. The molecule has 0 saturated heterocycles. The van der Waals surface area contributed by atoms with E-state index in [4.69, 9.17) is 14.8 Å². The van der Waals surface area contributed by atoms with Gasteiger partial charge in [0.05, 0.1) is 0 Å². The summed E-state index contributed by atoms with van der Waals surface area (Å²) in [5.74, 6) is 0. The second-order valence-corrected chi connectivity index (χ2v) is 5.14. The van der Waals surface area contributed by atoms with Gasteiger partial charge in [0.1, 0.15) is 5.60 Å². The Morgan fingerprint density at radius 2 is 2.11 bits per heavy atom. The Kier molecular flexibility index (Phi) is 5.32. The Balaban J connectivity index is 2.35. The maximum atomic E-state index is 11.4. The number of amides is 1. The maximum Gasteiger partial charge on any atom is 0.490 e. The minimum absolute atomic E-state index is 0.337. The van der Waals surface area contributed by atoms with Crippen LogP contribution in [0.3, 0.4) is 0 Å². The van der Waals surface area contributed by atoms with Gasteiger partial charge in [0.15, 0.2) is 0 Å². The van der Waals surface area contributed by atoms with Crippen LogP contribution in [0.15, 0.2) is 18.3 Å². The van der Waals surface area contributed by atoms with Crippen molar-refractivity contribution in [1.82, 2.24) is 10.3 Å². The number of alkyl carbamates (subject to hydrolysis) is 1. The van der Waals surface area contributed by atoms with Crippen molar-refractivity contribution in [3.05, 3.63) is 24.0 Å². The van der Waals surface area contributed by atoms with Crippen LogP contribution in [0.4, 0.5) is 4.79 Å². The van der Waals surface area contributed by atoms with E-state index in [0.29, 0.717) is 18.4 Å². The predicted octanol–water partition coefficient (Wildman–Crippen LogP) is -0.171. The lowest BCUT2D eigenvalue weighted by molar-refractivity contribution is 0.0528. The molecular weight excluding hydrogens is 247 g/mol. The summed E-state index contributed by atoms with van der Waals surface area (Å²) >= 11 is 0. The molecule has 0 aliphatic heterocycles. The summed E-state index contributed by atoms with van der Waals surface area (Å²) in [6.45, 7) is 5.80. The van der Waals surface area contributed by atoms with Gasteiger partial charge in [0.25, 0.3) is 0 Å². The van der Waals surface area contributed by atoms with Crippen LogP contribution in [0.1, 0.15) is 26.5 Å². The third-order valence-corrected chi connectivity index (χ3v) is 2.20. The van der Waals surface area contributed by atoms with E-state index in [1.54, 1.807) is 32.9 Å². The molecule has 0 unspecified atom stereocenters. The molecule has 0 aromatic carbocycles. The number of nitrogens with one attached hydrogen (secondary N) is 1. The van der Waals surface area contributed by atoms with Gasteiger partial charge in [-0.3, -0.25) is 4.98 Å². The average molecular weight is 266 g/mol. The third kappa shape index (κ3) is 6.21. The second kappa shape index (κ2) is 6.54. The Bertz CT molecular complexity index is 415. The lowest BCUT2D eigenvalue weighted by Gasteiger charge is -2.19. The van der Waals surface area contributed by atoms with Crippen molar-refractivity contribution >= 4 is 18.7 Å². The summed E-state index contributed by atoms with van der Waals surface area (Å²) in [7, 11) is -1.51. The molecule has 0 radical (unpaired) electrons. The molecule has 1 aromatic rings. The van der Waals surface area contributed by atoms with Crippen LogP contribution < -0.4 is 10.8 Å². The van der Waals surface area contributed by atoms with Crippen molar-refractivity contribution < 1.29 is 19.6 Å². The number of ether oxygens (including phenoxy) is 1. The summed E-state index contributed by atoms with van der Waals surface area (Å²) in [5.41, 5.74) is 0.575. The first-order chi connectivity index (χ1) is 8.78. The predicted molar refractivity (Wildman–Crippen MR) is 72.0 cm³/mol. The van der Waals surface area contributed by atoms with Gasteiger partial charge in [-0.25, -0.2) is 4.79 Å². The maximum absolute atomic E-state index is 11.4. The molecule has 0 aliphatic carbocycles. The zero-order valence-electron chi connectivity index (χ0n) is 11.4. The summed E-state index contributed by atoms with van der Waals surface area (Å²) < 4.78 is 5.09. The van der Waals surface area contributed by atoms with Gasteiger partial charge in [-0.2, -0.15) is 0 Å². The molecule has 1 heterocycles. The van der Waals surface area contributed by atoms with E-state index in [-0.39, 0.29) is 0 Å². The number of pyridine rings is 1. The van der Waals surface area contributed by atoms with Gasteiger partial charge < -0.3 is 20.1 Å². The molecule has 1 rings (SSSR count). The second-order valence-electron chi connectivity index (χ2n) is 5.14. The number of nitrogens with zero attached hydrogens (tertiary/aromatic N) is 1. The van der Waals surface area contributed by atoms with Crippen LogP contribution in [0, 0.1) is 0 Å². The molecule has 0 bridgehead atoms. The number of carbonyl (C=O) groups is 1. The van der Waals surface area contributed by atoms with E-state index < -0.39 is 18.8 Å². The molecule has 0 saturated carbocycles. The standard InChI is InChI=1S/C12H19BN2O4/c1-12(2,3)19-11(16)14-7-6-10-5-4-9(8-15-10)13(17)18/h4-5,8,17-18H,6-7H2,1-3H3,(H,14,16). The number of carbonyl (C=O) groups excluding carboxylic acids is 1. The zero-order chi connectivity index (χ0) is 14.5. The summed E-state index contributed by atoms with van der Waals surface area (Å²) in [4.78, 5) is 15.4. The summed E-state index contributed by atoms with van der Waals surface area (Å²) in [6, 6.07) is 3.27. The quantitative estimate of drug-likeness (QED) is 0.658. The fourth-order valence-electron chi connectivity index (χ4n) is 1.34. The number of hydrogen-bond donors (Lipinski definition) is 3. The topological polar surface area (TPSA) is 91.7 Å². The highest BCUT2D eigenvalue weighted by molar-refractivity contribution is 6.58. The molecule has 3 N–H and O–H groups in total. The van der Waals surface area contributed by atoms with Gasteiger partial charge in [-0.05, 0) is 26.8 Å². The summed E-state index contributed by atoms with van der Waals surface area (Å²) in [6.07, 6.45) is 1.48. The zero-order valence-corrected chi connectivity index (χ0v) is 11.4. The monoisotopic (exact) mass is 266 g/mol. The van der Waals surface area contributed by atoms with E-state index >= 15 is 0 Å². The first-order valence-corrected chi connectivity index (χ1v) is 6.06. The molecule has 0 aliphatic rings. The van der Waals surface area contributed by atoms with Crippen molar-refractivity contribution in [1.29, 1.82) is 0 Å². The Hall–Kier alpha value is -1.60. The van der Waals surface area contributed by atoms with Gasteiger partial charge in [0, 0.05) is 30.3 Å². The van der Waals surface area contributed by atoms with Crippen LogP contribution in [-0.2, 0) is 11.2 Å². The van der Waals surface area contributed by atoms with Crippen LogP contribution in [0.5, 0.6) is 0 Å². The molecular formula is C12H19BN2O4. The van der Waals surface area contributed by atoms with Crippen molar-refractivity contribution in [2.24, 2.45) is 0 Å². The first-order valence-electron chi connectivity index (χ1n) is 6.06. The fraction of sp³-hybridized carbons (Fsp3) is 0.500. The molecule has 104 valence electrons. The molecule has 0 fully saturated rings. The van der Waals surface area contributed by atoms with Gasteiger partial charge >= 0.3 is 13.2 Å². The van der Waals surface area contributed by atoms with Gasteiger partial charge in [-0.1, -0.05) is 6.07 Å². The first kappa shape index (κ1) is 15.5. The smallest absolute Gasteiger partial charge is 0.444 e. The Morgan fingerprint density at radius 1 is 1.42 bits per heavy atom. The van der Waals surface area contributed by atoms with E-state index in [0.717, 1.165) is 5.69 Å². The molecule has 1 aromatic heterocycles. The highest BCUT2D eigenvalue weighted by Gasteiger charge is 2.15. The normalized spacial score (nSPS) is 11.0. The van der Waals surface area contributed by atoms with Crippen LogP contribution in [0.2, 0.25) is 0 Å². The van der Waals surface area contributed by atoms with Crippen molar-refractivity contribution in [3.63, 3.8) is 0 Å². The fourth-order valence-corrected chi connectivity index (χ4v) is 1.34. The van der Waals surface area contributed by atoms with Crippen molar-refractivity contribution in [2.75, 3.05) is 6.54 Å². The molecule has 6 nitrogen and oxygen atoms in total. The average Bonchev–Trinajstić information content (AvgIpc) is 2.27. The number of rotatable bonds is 4. The Labute approximate surface area is 113 Å². The highest BCUT2D eigenvalue weighted by atomic mass is 16.6. The number of aromatic nitrogens is 1.